The van der Waals surface area contributed by atoms with Crippen LogP contribution in [-0.4, -0.2) is 73.4 Å². The smallest absolute Gasteiger partial charge is 0.391 e. The van der Waals surface area contributed by atoms with Crippen molar-refractivity contribution in [3.63, 3.8) is 0 Å². The van der Waals surface area contributed by atoms with Crippen LogP contribution in [-0.2, 0) is 18.4 Å². The molecule has 0 saturated carbocycles. The topological polar surface area (TPSA) is 105 Å². The lowest BCUT2D eigenvalue weighted by atomic mass is 10.0. The first-order valence-corrected chi connectivity index (χ1v) is 24.4. The van der Waals surface area contributed by atoms with Gasteiger partial charge in [0.05, 0.1) is 39.9 Å². The summed E-state index contributed by atoms with van der Waals surface area (Å²) >= 11 is 0. The van der Waals surface area contributed by atoms with E-state index >= 15 is 0 Å². The maximum absolute atomic E-state index is 12.9. The molecule has 0 aromatic carbocycles. The van der Waals surface area contributed by atoms with Gasteiger partial charge in [-0.3, -0.25) is 13.8 Å². The molecule has 9 heteroatoms. The number of hydrogen-bond donors (Lipinski definition) is 3. The van der Waals surface area contributed by atoms with Gasteiger partial charge >= 0.3 is 7.82 Å². The van der Waals surface area contributed by atoms with Crippen molar-refractivity contribution in [3.05, 3.63) is 0 Å². The van der Waals surface area contributed by atoms with Crippen LogP contribution >= 0.6 is 7.82 Å². The third kappa shape index (κ3) is 39.5. The number of likely N-dealkylation sites (N-methyl/N-ethyl adjacent to an activating group) is 1. The zero-order valence-electron chi connectivity index (χ0n) is 36.0. The van der Waals surface area contributed by atoms with E-state index in [1.54, 1.807) is 0 Å². The molecule has 0 bridgehead atoms. The predicted molar refractivity (Wildman–Crippen MR) is 226 cm³/mol. The first kappa shape index (κ1) is 52.5. The fourth-order valence-corrected chi connectivity index (χ4v) is 7.67. The number of phosphoric acid groups is 1. The lowest BCUT2D eigenvalue weighted by Gasteiger charge is -2.26. The second kappa shape index (κ2) is 37.1. The van der Waals surface area contributed by atoms with Crippen molar-refractivity contribution < 1.29 is 32.9 Å². The Labute approximate surface area is 329 Å². The van der Waals surface area contributed by atoms with Crippen LogP contribution in [0.2, 0.25) is 0 Å². The maximum Gasteiger partial charge on any atom is 0.472 e. The molecule has 3 N–H and O–H groups in total. The third-order valence-electron chi connectivity index (χ3n) is 10.6. The summed E-state index contributed by atoms with van der Waals surface area (Å²) in [7, 11) is 1.63. The molecule has 0 aliphatic heterocycles. The van der Waals surface area contributed by atoms with E-state index in [1.807, 2.05) is 21.1 Å². The SMILES string of the molecule is CCCCCCCCCCCCCCCCCCC(O)C(COP(=O)(O)OCC[N+](C)(C)C)NC(=O)CCCCCCCCCCCCCCCCC. The molecule has 318 valence electrons. The van der Waals surface area contributed by atoms with Gasteiger partial charge in [0, 0.05) is 6.42 Å². The minimum absolute atomic E-state index is 0.0786. The molecule has 0 aliphatic rings. The molecule has 0 rings (SSSR count). The average molecular weight is 776 g/mol. The van der Waals surface area contributed by atoms with Crippen LogP contribution in [0.5, 0.6) is 0 Å². The highest BCUT2D eigenvalue weighted by Gasteiger charge is 2.28. The standard InChI is InChI=1S/C44H91N2O6P/c1-6-8-10-12-14-16-18-20-22-24-25-27-29-31-33-35-37-43(47)42(41-52-53(49,50)51-40-39-46(3,4)5)45-44(48)38-36-34-32-30-28-26-23-21-19-17-15-13-11-9-7-2/h42-43,47H,6-41H2,1-5H3,(H-,45,48,49,50)/p+1. The molecule has 8 nitrogen and oxygen atoms in total. The molecule has 0 aromatic heterocycles. The van der Waals surface area contributed by atoms with Gasteiger partial charge < -0.3 is 19.8 Å². The molecule has 0 fully saturated rings. The number of quaternary nitrogens is 1. The van der Waals surface area contributed by atoms with Gasteiger partial charge in [-0.2, -0.15) is 0 Å². The third-order valence-corrected chi connectivity index (χ3v) is 11.6. The summed E-state index contributed by atoms with van der Waals surface area (Å²) in [5.74, 6) is -0.141. The summed E-state index contributed by atoms with van der Waals surface area (Å²) in [5, 5.41) is 14.0. The van der Waals surface area contributed by atoms with Crippen LogP contribution in [0.1, 0.15) is 226 Å². The van der Waals surface area contributed by atoms with E-state index in [0.29, 0.717) is 23.9 Å². The van der Waals surface area contributed by atoms with Crippen LogP contribution in [0.15, 0.2) is 0 Å². The van der Waals surface area contributed by atoms with E-state index in [-0.39, 0.29) is 19.1 Å². The van der Waals surface area contributed by atoms with Gasteiger partial charge in [0.25, 0.3) is 0 Å². The monoisotopic (exact) mass is 776 g/mol. The fourth-order valence-electron chi connectivity index (χ4n) is 6.93. The molecule has 0 spiro atoms. The highest BCUT2D eigenvalue weighted by Crippen LogP contribution is 2.43. The molecule has 0 aliphatic carbocycles. The Morgan fingerprint density at radius 2 is 0.906 bits per heavy atom. The number of rotatable bonds is 42. The van der Waals surface area contributed by atoms with Crippen molar-refractivity contribution in [2.24, 2.45) is 0 Å². The summed E-state index contributed by atoms with van der Waals surface area (Å²) in [6.45, 7) is 4.91. The highest BCUT2D eigenvalue weighted by molar-refractivity contribution is 7.47. The minimum atomic E-state index is -4.31. The predicted octanol–water partition coefficient (Wildman–Crippen LogP) is 12.6. The van der Waals surface area contributed by atoms with Crippen molar-refractivity contribution in [1.29, 1.82) is 0 Å². The lowest BCUT2D eigenvalue weighted by Crippen LogP contribution is -2.46. The number of aliphatic hydroxyl groups excluding tert-OH is 1. The largest absolute Gasteiger partial charge is 0.472 e. The Morgan fingerprint density at radius 3 is 1.26 bits per heavy atom. The number of carbonyl (C=O) groups is 1. The number of phosphoric ester groups is 1. The molecular weight excluding hydrogens is 683 g/mol. The molecule has 0 heterocycles. The second-order valence-corrected chi connectivity index (χ2v) is 18.6. The minimum Gasteiger partial charge on any atom is -0.391 e. The van der Waals surface area contributed by atoms with Crippen LogP contribution in [0, 0.1) is 0 Å². The van der Waals surface area contributed by atoms with E-state index in [9.17, 15) is 19.4 Å². The first-order chi connectivity index (χ1) is 25.5. The first-order valence-electron chi connectivity index (χ1n) is 22.9. The summed E-state index contributed by atoms with van der Waals surface area (Å²) in [5.41, 5.74) is 0. The van der Waals surface area contributed by atoms with Crippen molar-refractivity contribution in [2.45, 2.75) is 238 Å². The number of nitrogens with zero attached hydrogens (tertiary/aromatic N) is 1. The number of hydrogen-bond acceptors (Lipinski definition) is 5. The molecule has 53 heavy (non-hydrogen) atoms. The zero-order chi connectivity index (χ0) is 39.3. The Bertz CT molecular complexity index is 839. The van der Waals surface area contributed by atoms with Crippen molar-refractivity contribution in [3.8, 4) is 0 Å². The van der Waals surface area contributed by atoms with E-state index < -0.39 is 20.0 Å². The number of carbonyl (C=O) groups excluding carboxylic acids is 1. The number of aliphatic hydroxyl groups is 1. The van der Waals surface area contributed by atoms with Gasteiger partial charge in [-0.1, -0.05) is 206 Å². The second-order valence-electron chi connectivity index (χ2n) is 17.1. The van der Waals surface area contributed by atoms with Gasteiger partial charge in [-0.15, -0.1) is 0 Å². The highest BCUT2D eigenvalue weighted by atomic mass is 31.2. The summed E-state index contributed by atoms with van der Waals surface area (Å²) < 4.78 is 23.6. The van der Waals surface area contributed by atoms with Gasteiger partial charge in [-0.25, -0.2) is 4.57 Å². The Hall–Kier alpha value is -0.500. The molecule has 3 atom stereocenters. The van der Waals surface area contributed by atoms with Crippen LogP contribution in [0.25, 0.3) is 0 Å². The average Bonchev–Trinajstić information content (AvgIpc) is 3.10. The van der Waals surface area contributed by atoms with E-state index in [0.717, 1.165) is 38.5 Å². The van der Waals surface area contributed by atoms with Crippen molar-refractivity contribution in [2.75, 3.05) is 40.9 Å². The molecule has 0 saturated heterocycles. The van der Waals surface area contributed by atoms with Crippen LogP contribution in [0.3, 0.4) is 0 Å². The van der Waals surface area contributed by atoms with Gasteiger partial charge in [0.2, 0.25) is 5.91 Å². The summed E-state index contributed by atoms with van der Waals surface area (Å²) in [6, 6.07) is -0.752. The van der Waals surface area contributed by atoms with E-state index in [1.165, 1.54) is 161 Å². The summed E-state index contributed by atoms with van der Waals surface area (Å²) in [4.78, 5) is 23.1. The number of unbranched alkanes of at least 4 members (excludes halogenated alkanes) is 29. The number of nitrogens with one attached hydrogen (secondary N) is 1. The Morgan fingerprint density at radius 1 is 0.566 bits per heavy atom. The van der Waals surface area contributed by atoms with Gasteiger partial charge in [-0.05, 0) is 12.8 Å². The van der Waals surface area contributed by atoms with Crippen molar-refractivity contribution in [1.82, 2.24) is 5.32 Å². The quantitative estimate of drug-likeness (QED) is 0.0324. The molecule has 0 aromatic rings. The zero-order valence-corrected chi connectivity index (χ0v) is 36.9. The van der Waals surface area contributed by atoms with E-state index in [2.05, 4.69) is 19.2 Å². The molecular formula is C44H92N2O6P+. The van der Waals surface area contributed by atoms with Gasteiger partial charge in [0.15, 0.2) is 0 Å². The van der Waals surface area contributed by atoms with Crippen molar-refractivity contribution >= 4 is 13.7 Å². The maximum atomic E-state index is 12.9. The Kier molecular flexibility index (Phi) is 36.7. The van der Waals surface area contributed by atoms with Gasteiger partial charge in [0.1, 0.15) is 13.2 Å². The Balaban J connectivity index is 4.32. The van der Waals surface area contributed by atoms with Crippen LogP contribution in [0.4, 0.5) is 0 Å². The molecule has 1 amide bonds. The lowest BCUT2D eigenvalue weighted by molar-refractivity contribution is -0.870. The number of amides is 1. The molecule has 3 unspecified atom stereocenters. The van der Waals surface area contributed by atoms with E-state index in [4.69, 9.17) is 9.05 Å². The molecule has 0 radical (unpaired) electrons. The van der Waals surface area contributed by atoms with Crippen LogP contribution < -0.4 is 5.32 Å². The summed E-state index contributed by atoms with van der Waals surface area (Å²) in [6.07, 6.45) is 39.7. The fraction of sp³-hybridized carbons (Fsp3) is 0.977. The normalized spacial score (nSPS) is 14.3.